The molecule has 3 aromatic rings. The molecular formula is C27H39N5O3SSi. The molecule has 5 rings (SSSR count). The SMILES string of the molecule is CC[C@@H]1C[C@H](O[Si](C)(C)C(C)(C)C)C[C@@H]1C1(S(=O)(=O)c2nnc3cnc4[nH]ccc4n23)CC=CC=C1C. The minimum atomic E-state index is -3.96. The average molecular weight is 542 g/mol. The van der Waals surface area contributed by atoms with Gasteiger partial charge in [-0.1, -0.05) is 57.9 Å². The van der Waals surface area contributed by atoms with Crippen LogP contribution >= 0.6 is 0 Å². The average Bonchev–Trinajstić information content (AvgIpc) is 3.55. The number of hydrogen-bond donors (Lipinski definition) is 1. The summed E-state index contributed by atoms with van der Waals surface area (Å²) in [5, 5.41) is 8.58. The summed E-state index contributed by atoms with van der Waals surface area (Å²) >= 11 is 0. The fraction of sp³-hybridized carbons (Fsp3) is 0.593. The van der Waals surface area contributed by atoms with E-state index in [0.717, 1.165) is 24.8 Å². The Hall–Kier alpha value is -2.30. The summed E-state index contributed by atoms with van der Waals surface area (Å²) in [5.74, 6) is 0.141. The first-order chi connectivity index (χ1) is 17.3. The number of rotatable bonds is 6. The van der Waals surface area contributed by atoms with Crippen molar-refractivity contribution in [2.45, 2.75) is 94.4 Å². The molecule has 4 atom stereocenters. The van der Waals surface area contributed by atoms with Crippen molar-refractivity contribution >= 4 is 35.0 Å². The van der Waals surface area contributed by atoms with Crippen LogP contribution in [0.15, 0.2) is 47.4 Å². The van der Waals surface area contributed by atoms with E-state index in [2.05, 4.69) is 61.0 Å². The molecule has 2 aliphatic rings. The maximum atomic E-state index is 14.9. The lowest BCUT2D eigenvalue weighted by Crippen LogP contribution is -2.49. The van der Waals surface area contributed by atoms with Crippen molar-refractivity contribution in [2.24, 2.45) is 11.8 Å². The minimum Gasteiger partial charge on any atom is -0.414 e. The highest BCUT2D eigenvalue weighted by molar-refractivity contribution is 7.93. The van der Waals surface area contributed by atoms with Gasteiger partial charge in [-0.15, -0.1) is 10.2 Å². The van der Waals surface area contributed by atoms with Gasteiger partial charge in [0.25, 0.3) is 5.16 Å². The first-order valence-electron chi connectivity index (χ1n) is 13.3. The Labute approximate surface area is 220 Å². The van der Waals surface area contributed by atoms with Gasteiger partial charge in [0.05, 0.1) is 11.7 Å². The number of nitrogens with zero attached hydrogens (tertiary/aromatic N) is 4. The smallest absolute Gasteiger partial charge is 0.255 e. The summed E-state index contributed by atoms with van der Waals surface area (Å²) < 4.78 is 37.2. The molecule has 0 aliphatic heterocycles. The molecule has 0 saturated heterocycles. The van der Waals surface area contributed by atoms with Gasteiger partial charge in [-0.2, -0.15) is 0 Å². The van der Waals surface area contributed by atoms with E-state index < -0.39 is 22.9 Å². The molecular weight excluding hydrogens is 502 g/mol. The number of fused-ring (bicyclic) bond motifs is 3. The van der Waals surface area contributed by atoms with Gasteiger partial charge in [-0.3, -0.25) is 4.40 Å². The van der Waals surface area contributed by atoms with Gasteiger partial charge in [0.15, 0.2) is 19.6 Å². The van der Waals surface area contributed by atoms with Gasteiger partial charge in [-0.05, 0) is 62.2 Å². The van der Waals surface area contributed by atoms with Gasteiger partial charge in [0, 0.05) is 12.3 Å². The molecule has 1 unspecified atom stereocenters. The van der Waals surface area contributed by atoms with Crippen LogP contribution in [0.5, 0.6) is 0 Å². The summed E-state index contributed by atoms with van der Waals surface area (Å²) in [6, 6.07) is 1.82. The number of sulfone groups is 1. The third-order valence-electron chi connectivity index (χ3n) is 9.25. The molecule has 0 aromatic carbocycles. The number of nitrogens with one attached hydrogen (secondary N) is 1. The number of hydrogen-bond acceptors (Lipinski definition) is 6. The Morgan fingerprint density at radius 2 is 2.00 bits per heavy atom. The highest BCUT2D eigenvalue weighted by Gasteiger charge is 2.58. The van der Waals surface area contributed by atoms with Crippen molar-refractivity contribution in [3.05, 3.63) is 42.3 Å². The Kier molecular flexibility index (Phi) is 6.31. The molecule has 200 valence electrons. The van der Waals surface area contributed by atoms with Crippen molar-refractivity contribution in [2.75, 3.05) is 0 Å². The van der Waals surface area contributed by atoms with Crippen molar-refractivity contribution in [3.8, 4) is 0 Å². The zero-order valence-electron chi connectivity index (χ0n) is 22.9. The molecule has 2 aliphatic carbocycles. The highest BCUT2D eigenvalue weighted by atomic mass is 32.2. The third-order valence-corrected chi connectivity index (χ3v) is 16.3. The van der Waals surface area contributed by atoms with E-state index in [0.29, 0.717) is 23.2 Å². The maximum absolute atomic E-state index is 14.9. The molecule has 3 heterocycles. The summed E-state index contributed by atoms with van der Waals surface area (Å²) in [6.45, 7) is 15.4. The first kappa shape index (κ1) is 26.3. The predicted molar refractivity (Wildman–Crippen MR) is 149 cm³/mol. The van der Waals surface area contributed by atoms with Crippen molar-refractivity contribution in [1.82, 2.24) is 24.6 Å². The zero-order valence-corrected chi connectivity index (χ0v) is 24.8. The number of aromatic nitrogens is 5. The van der Waals surface area contributed by atoms with Gasteiger partial charge >= 0.3 is 0 Å². The predicted octanol–water partition coefficient (Wildman–Crippen LogP) is 5.85. The lowest BCUT2D eigenvalue weighted by Gasteiger charge is -2.42. The summed E-state index contributed by atoms with van der Waals surface area (Å²) in [5.41, 5.74) is 2.54. The molecule has 0 amide bonds. The molecule has 0 bridgehead atoms. The molecule has 0 radical (unpaired) electrons. The second-order valence-electron chi connectivity index (χ2n) is 12.3. The molecule has 3 aromatic heterocycles. The number of aromatic amines is 1. The second kappa shape index (κ2) is 8.88. The summed E-state index contributed by atoms with van der Waals surface area (Å²) in [6.07, 6.45) is 12.2. The molecule has 8 nitrogen and oxygen atoms in total. The van der Waals surface area contributed by atoms with Crippen LogP contribution in [0.2, 0.25) is 18.1 Å². The number of H-pyrrole nitrogens is 1. The van der Waals surface area contributed by atoms with Crippen LogP contribution < -0.4 is 0 Å². The fourth-order valence-corrected chi connectivity index (χ4v) is 9.98. The van der Waals surface area contributed by atoms with Crippen LogP contribution in [0, 0.1) is 11.8 Å². The second-order valence-corrected chi connectivity index (χ2v) is 19.1. The molecule has 1 N–H and O–H groups in total. The topological polar surface area (TPSA) is 102 Å². The van der Waals surface area contributed by atoms with Gasteiger partial charge in [-0.25, -0.2) is 13.4 Å². The number of allylic oxidation sites excluding steroid dienone is 3. The van der Waals surface area contributed by atoms with Crippen molar-refractivity contribution in [1.29, 1.82) is 0 Å². The van der Waals surface area contributed by atoms with Crippen LogP contribution in [0.1, 0.15) is 60.3 Å². The third kappa shape index (κ3) is 3.94. The maximum Gasteiger partial charge on any atom is 0.255 e. The quantitative estimate of drug-likeness (QED) is 0.393. The van der Waals surface area contributed by atoms with Crippen LogP contribution in [0.25, 0.3) is 16.8 Å². The minimum absolute atomic E-state index is 0.0128. The largest absolute Gasteiger partial charge is 0.414 e. The highest BCUT2D eigenvalue weighted by Crippen LogP contribution is 2.54. The van der Waals surface area contributed by atoms with E-state index >= 15 is 0 Å². The van der Waals surface area contributed by atoms with Gasteiger partial charge < -0.3 is 9.41 Å². The van der Waals surface area contributed by atoms with E-state index in [1.807, 2.05) is 31.2 Å². The van der Waals surface area contributed by atoms with E-state index in [4.69, 9.17) is 4.43 Å². The summed E-state index contributed by atoms with van der Waals surface area (Å²) in [4.78, 5) is 7.44. The van der Waals surface area contributed by atoms with Gasteiger partial charge in [0.1, 0.15) is 4.75 Å². The van der Waals surface area contributed by atoms with E-state index in [1.54, 1.807) is 16.8 Å². The van der Waals surface area contributed by atoms with E-state index in [-0.39, 0.29) is 28.1 Å². The van der Waals surface area contributed by atoms with Crippen LogP contribution in [-0.2, 0) is 14.3 Å². The zero-order chi connectivity index (χ0) is 26.8. The molecule has 1 saturated carbocycles. The monoisotopic (exact) mass is 541 g/mol. The molecule has 10 heteroatoms. The molecule has 0 spiro atoms. The van der Waals surface area contributed by atoms with Crippen LogP contribution in [0.3, 0.4) is 0 Å². The lowest BCUT2D eigenvalue weighted by atomic mass is 9.74. The van der Waals surface area contributed by atoms with E-state index in [9.17, 15) is 8.42 Å². The Morgan fingerprint density at radius 1 is 1.24 bits per heavy atom. The summed E-state index contributed by atoms with van der Waals surface area (Å²) in [7, 11) is -5.97. The normalized spacial score (nSPS) is 27.3. The first-order valence-corrected chi connectivity index (χ1v) is 17.7. The Morgan fingerprint density at radius 3 is 2.68 bits per heavy atom. The van der Waals surface area contributed by atoms with Crippen LogP contribution in [0.4, 0.5) is 0 Å². The van der Waals surface area contributed by atoms with Crippen molar-refractivity contribution < 1.29 is 12.8 Å². The van der Waals surface area contributed by atoms with Crippen molar-refractivity contribution in [3.63, 3.8) is 0 Å². The Bertz CT molecular complexity index is 1500. The fourth-order valence-electron chi connectivity index (χ4n) is 6.19. The molecule has 1 fully saturated rings. The Balaban J connectivity index is 1.64. The van der Waals surface area contributed by atoms with Crippen LogP contribution in [-0.4, -0.2) is 52.2 Å². The van der Waals surface area contributed by atoms with Gasteiger partial charge in [0.2, 0.25) is 9.84 Å². The lowest BCUT2D eigenvalue weighted by molar-refractivity contribution is 0.178. The van der Waals surface area contributed by atoms with E-state index in [1.165, 1.54) is 0 Å². The molecule has 37 heavy (non-hydrogen) atoms. The standard InChI is InChI=1S/C27H39N5O3SSi/c1-8-19-15-20(35-37(6,7)26(3,4)5)16-21(19)27(13-10-9-11-18(27)2)36(33,34)25-31-30-23-17-29-24-22(32(23)25)12-14-28-24/h9-12,14,17,19-21,28H,8,13,15-16H2,1-7H3/t19-,20+,21+,27?/m1/s1.